The van der Waals surface area contributed by atoms with Gasteiger partial charge in [-0.2, -0.15) is 0 Å². The average Bonchev–Trinajstić information content (AvgIpc) is 3.39. The van der Waals surface area contributed by atoms with Crippen molar-refractivity contribution in [3.8, 4) is 5.88 Å². The van der Waals surface area contributed by atoms with Gasteiger partial charge in [-0.05, 0) is 43.5 Å². The number of hydrogen-bond donors (Lipinski definition) is 1. The van der Waals surface area contributed by atoms with Gasteiger partial charge in [0.2, 0.25) is 11.8 Å². The summed E-state index contributed by atoms with van der Waals surface area (Å²) < 4.78 is 40.8. The molecule has 4 aromatic rings. The van der Waals surface area contributed by atoms with Crippen LogP contribution in [-0.2, 0) is 18.6 Å². The molecule has 2 N–H and O–H groups in total. The van der Waals surface area contributed by atoms with E-state index in [1.54, 1.807) is 30.1 Å². The molecule has 0 spiro atoms. The number of hydrogen-bond acceptors (Lipinski definition) is 9. The van der Waals surface area contributed by atoms with Crippen molar-refractivity contribution in [2.45, 2.75) is 50.0 Å². The number of thioether (sulfide) groups is 1. The standard InChI is InChI=1S/C26H24F2N6O2S/c1-3-26-11-19(26)25(2,34-24(29)37-26)15-8-14(9-16(27)22(15)28)10-18-23-17(4-5-30-18)33-20(12-32-23)36-13-21-31-6-7-35-21/h4-9,12,19H,3,10-11,13H2,1-2H3,(H2,29,34)/t19-,25+,26-/m0/s1. The minimum Gasteiger partial charge on any atom is -0.467 e. The van der Waals surface area contributed by atoms with E-state index in [1.807, 2.05) is 6.92 Å². The van der Waals surface area contributed by atoms with Crippen molar-refractivity contribution in [3.63, 3.8) is 0 Å². The van der Waals surface area contributed by atoms with Crippen molar-refractivity contribution < 1.29 is 17.9 Å². The van der Waals surface area contributed by atoms with Gasteiger partial charge in [-0.25, -0.2) is 23.7 Å². The maximum atomic E-state index is 15.2. The highest BCUT2D eigenvalue weighted by atomic mass is 32.2. The molecule has 11 heteroatoms. The number of amidine groups is 1. The Morgan fingerprint density at radius 3 is 2.86 bits per heavy atom. The predicted molar refractivity (Wildman–Crippen MR) is 135 cm³/mol. The fourth-order valence-corrected chi connectivity index (χ4v) is 6.73. The summed E-state index contributed by atoms with van der Waals surface area (Å²) in [6.45, 7) is 4.06. The summed E-state index contributed by atoms with van der Waals surface area (Å²) in [7, 11) is 0. The molecule has 2 aliphatic rings. The van der Waals surface area contributed by atoms with Gasteiger partial charge in [-0.15, -0.1) is 0 Å². The molecular weight excluding hydrogens is 498 g/mol. The molecule has 1 saturated carbocycles. The minimum atomic E-state index is -0.937. The van der Waals surface area contributed by atoms with Crippen LogP contribution in [0.2, 0.25) is 0 Å². The van der Waals surface area contributed by atoms with Crippen LogP contribution in [0.4, 0.5) is 8.78 Å². The minimum absolute atomic E-state index is 0.0704. The topological polar surface area (TPSA) is 112 Å². The van der Waals surface area contributed by atoms with Crippen molar-refractivity contribution >= 4 is 28.0 Å². The molecule has 37 heavy (non-hydrogen) atoms. The third-order valence-electron chi connectivity index (χ3n) is 7.30. The Kier molecular flexibility index (Phi) is 5.63. The Morgan fingerprint density at radius 1 is 1.22 bits per heavy atom. The first-order valence-electron chi connectivity index (χ1n) is 12.0. The van der Waals surface area contributed by atoms with Gasteiger partial charge in [0.25, 0.3) is 0 Å². The Hall–Kier alpha value is -3.60. The highest BCUT2D eigenvalue weighted by Gasteiger charge is 2.65. The zero-order chi connectivity index (χ0) is 25.8. The van der Waals surface area contributed by atoms with Gasteiger partial charge in [0.05, 0.1) is 29.1 Å². The molecule has 4 heterocycles. The smallest absolute Gasteiger partial charge is 0.233 e. The number of halogens is 2. The fourth-order valence-electron chi connectivity index (χ4n) is 5.31. The molecule has 0 saturated heterocycles. The van der Waals surface area contributed by atoms with Gasteiger partial charge >= 0.3 is 0 Å². The van der Waals surface area contributed by atoms with Crippen LogP contribution in [0, 0.1) is 17.6 Å². The molecule has 3 aromatic heterocycles. The summed E-state index contributed by atoms with van der Waals surface area (Å²) in [5, 5.41) is 0.412. The van der Waals surface area contributed by atoms with Crippen molar-refractivity contribution in [2.24, 2.45) is 16.6 Å². The van der Waals surface area contributed by atoms with Gasteiger partial charge in [0.15, 0.2) is 23.4 Å². The van der Waals surface area contributed by atoms with Gasteiger partial charge < -0.3 is 14.9 Å². The Balaban J connectivity index is 1.32. The lowest BCUT2D eigenvalue weighted by atomic mass is 9.84. The molecule has 0 radical (unpaired) electrons. The monoisotopic (exact) mass is 522 g/mol. The molecule has 6 rings (SSSR count). The summed E-state index contributed by atoms with van der Waals surface area (Å²) in [4.78, 5) is 22.1. The molecule has 1 aromatic carbocycles. The van der Waals surface area contributed by atoms with E-state index in [1.165, 1.54) is 24.7 Å². The number of aromatic nitrogens is 4. The summed E-state index contributed by atoms with van der Waals surface area (Å²) in [6.07, 6.45) is 8.08. The van der Waals surface area contributed by atoms with Crippen molar-refractivity contribution in [1.29, 1.82) is 0 Å². The Bertz CT molecular complexity index is 1530. The largest absolute Gasteiger partial charge is 0.467 e. The zero-order valence-electron chi connectivity index (χ0n) is 20.2. The number of pyridine rings is 1. The first-order chi connectivity index (χ1) is 17.8. The third kappa shape index (κ3) is 4.11. The van der Waals surface area contributed by atoms with Crippen molar-refractivity contribution in [1.82, 2.24) is 19.9 Å². The molecule has 1 fully saturated rings. The number of nitrogens with two attached hydrogens (primary N) is 1. The molecule has 1 aliphatic heterocycles. The zero-order valence-corrected chi connectivity index (χ0v) is 21.1. The van der Waals surface area contributed by atoms with E-state index in [9.17, 15) is 4.39 Å². The molecule has 1 aliphatic carbocycles. The number of ether oxygens (including phenoxy) is 1. The molecule has 8 nitrogen and oxygen atoms in total. The van der Waals surface area contributed by atoms with Crippen LogP contribution in [0.25, 0.3) is 11.0 Å². The van der Waals surface area contributed by atoms with E-state index >= 15 is 4.39 Å². The van der Waals surface area contributed by atoms with E-state index in [4.69, 9.17) is 14.9 Å². The number of oxazole rings is 1. The number of nitrogens with zero attached hydrogens (tertiary/aromatic N) is 5. The third-order valence-corrected chi connectivity index (χ3v) is 8.74. The second-order valence-corrected chi connectivity index (χ2v) is 11.0. The second kappa shape index (κ2) is 8.76. The van der Waals surface area contributed by atoms with Gasteiger partial charge in [0.1, 0.15) is 11.8 Å². The van der Waals surface area contributed by atoms with Gasteiger partial charge in [-0.3, -0.25) is 9.98 Å². The molecule has 0 bridgehead atoms. The first-order valence-corrected chi connectivity index (χ1v) is 12.8. The van der Waals surface area contributed by atoms with Gasteiger partial charge in [0, 0.05) is 28.8 Å². The van der Waals surface area contributed by atoms with Crippen molar-refractivity contribution in [3.05, 3.63) is 77.4 Å². The lowest BCUT2D eigenvalue weighted by molar-refractivity contribution is 0.253. The quantitative estimate of drug-likeness (QED) is 0.365. The van der Waals surface area contributed by atoms with E-state index < -0.39 is 17.2 Å². The Labute approximate surface area is 215 Å². The van der Waals surface area contributed by atoms with Crippen LogP contribution in [0.15, 0.2) is 52.5 Å². The van der Waals surface area contributed by atoms with Crippen LogP contribution >= 0.6 is 11.8 Å². The summed E-state index contributed by atoms with van der Waals surface area (Å²) >= 11 is 1.55. The maximum Gasteiger partial charge on any atom is 0.233 e. The fraction of sp³-hybridized carbons (Fsp3) is 0.346. The number of rotatable bonds is 7. The molecule has 190 valence electrons. The van der Waals surface area contributed by atoms with Crippen LogP contribution in [0.5, 0.6) is 5.88 Å². The first kappa shape index (κ1) is 23.8. The SMILES string of the molecule is CC[C@]12C[C@H]1[C@@](C)(c1cc(Cc3nccc4nc(OCc5ncco5)cnc34)cc(F)c1F)N=C(N)S2. The van der Waals surface area contributed by atoms with Crippen LogP contribution < -0.4 is 10.5 Å². The lowest BCUT2D eigenvalue weighted by Gasteiger charge is -2.34. The van der Waals surface area contributed by atoms with Crippen LogP contribution in [-0.4, -0.2) is 29.9 Å². The molecular formula is C26H24F2N6O2S. The molecule has 0 amide bonds. The highest BCUT2D eigenvalue weighted by molar-refractivity contribution is 8.15. The van der Waals surface area contributed by atoms with Crippen molar-refractivity contribution in [2.75, 3.05) is 0 Å². The summed E-state index contributed by atoms with van der Waals surface area (Å²) in [5.74, 6) is -0.990. The maximum absolute atomic E-state index is 15.2. The van der Waals surface area contributed by atoms with E-state index in [-0.39, 0.29) is 29.3 Å². The molecule has 3 atom stereocenters. The van der Waals surface area contributed by atoms with Crippen LogP contribution in [0.1, 0.15) is 49.4 Å². The predicted octanol–water partition coefficient (Wildman–Crippen LogP) is 4.91. The molecule has 0 unspecified atom stereocenters. The summed E-state index contributed by atoms with van der Waals surface area (Å²) in [5.41, 5.74) is 7.70. The van der Waals surface area contributed by atoms with E-state index in [0.717, 1.165) is 12.8 Å². The second-order valence-electron chi connectivity index (χ2n) is 9.54. The van der Waals surface area contributed by atoms with E-state index in [0.29, 0.717) is 39.2 Å². The highest BCUT2D eigenvalue weighted by Crippen LogP contribution is 2.67. The average molecular weight is 523 g/mol. The van der Waals surface area contributed by atoms with Crippen LogP contribution in [0.3, 0.4) is 0 Å². The Morgan fingerprint density at radius 2 is 2.08 bits per heavy atom. The normalized spacial score (nSPS) is 24.5. The number of aliphatic imine (C=N–C) groups is 1. The summed E-state index contributed by atoms with van der Waals surface area (Å²) in [6, 6.07) is 4.61. The number of benzene rings is 1. The van der Waals surface area contributed by atoms with E-state index in [2.05, 4.69) is 31.9 Å². The van der Waals surface area contributed by atoms with Gasteiger partial charge in [-0.1, -0.05) is 18.7 Å². The lowest BCUT2D eigenvalue weighted by Crippen LogP contribution is -2.36. The number of fused-ring (bicyclic) bond motifs is 2.